The Morgan fingerprint density at radius 2 is 1.58 bits per heavy atom. The van der Waals surface area contributed by atoms with Gasteiger partial charge < -0.3 is 23.8 Å². The van der Waals surface area contributed by atoms with Gasteiger partial charge in [-0.25, -0.2) is 9.59 Å². The lowest BCUT2D eigenvalue weighted by Crippen LogP contribution is -2.24. The summed E-state index contributed by atoms with van der Waals surface area (Å²) in [4.78, 5) is 24.5. The Bertz CT molecular complexity index is 337. The highest BCUT2D eigenvalue weighted by Crippen LogP contribution is 2.12. The summed E-state index contributed by atoms with van der Waals surface area (Å²) in [5, 5.41) is 0. The third kappa shape index (κ3) is 5.98. The monoisotopic (exact) mass is 275 g/mol. The van der Waals surface area contributed by atoms with Crippen molar-refractivity contribution >= 4 is 11.9 Å². The Labute approximate surface area is 113 Å². The minimum Gasteiger partial charge on any atom is -0.480 e. The maximum Gasteiger partial charge on any atom is 0.379 e. The topological polar surface area (TPSA) is 74.3 Å². The van der Waals surface area contributed by atoms with Crippen LogP contribution in [0.15, 0.2) is 11.6 Å². The van der Waals surface area contributed by atoms with Gasteiger partial charge in [-0.05, 0) is 13.8 Å². The number of esters is 2. The molecule has 0 heterocycles. The molecule has 7 heteroatoms. The van der Waals surface area contributed by atoms with Crippen molar-refractivity contribution in [2.24, 2.45) is 0 Å². The SMILES string of the molecule is CCOC(=O)COC(C(=O)OCC)=C(OC)N(C)C. The second-order valence-corrected chi connectivity index (χ2v) is 3.55. The summed E-state index contributed by atoms with van der Waals surface area (Å²) in [5.41, 5.74) is 0. The van der Waals surface area contributed by atoms with E-state index in [0.717, 1.165) is 0 Å². The Hall–Kier alpha value is -1.92. The molecule has 0 saturated heterocycles. The van der Waals surface area contributed by atoms with E-state index in [1.807, 2.05) is 0 Å². The molecule has 0 aromatic heterocycles. The second kappa shape index (κ2) is 9.07. The molecule has 0 atom stereocenters. The molecule has 0 amide bonds. The summed E-state index contributed by atoms with van der Waals surface area (Å²) < 4.78 is 19.8. The zero-order valence-corrected chi connectivity index (χ0v) is 12.0. The maximum atomic E-state index is 11.8. The molecule has 0 aliphatic rings. The molecular weight excluding hydrogens is 254 g/mol. The normalized spacial score (nSPS) is 11.2. The zero-order chi connectivity index (χ0) is 14.8. The third-order valence-electron chi connectivity index (χ3n) is 1.89. The molecule has 0 radical (unpaired) electrons. The van der Waals surface area contributed by atoms with Gasteiger partial charge in [-0.1, -0.05) is 0 Å². The lowest BCUT2D eigenvalue weighted by atomic mass is 10.4. The number of ether oxygens (including phenoxy) is 4. The van der Waals surface area contributed by atoms with Crippen LogP contribution in [0, 0.1) is 0 Å². The number of hydrogen-bond donors (Lipinski definition) is 0. The molecule has 0 rings (SSSR count). The van der Waals surface area contributed by atoms with Gasteiger partial charge >= 0.3 is 11.9 Å². The molecule has 0 aliphatic heterocycles. The van der Waals surface area contributed by atoms with Crippen molar-refractivity contribution in [2.75, 3.05) is 41.0 Å². The fraction of sp³-hybridized carbons (Fsp3) is 0.667. The first-order chi connectivity index (χ1) is 8.97. The molecular formula is C12H21NO6. The highest BCUT2D eigenvalue weighted by Gasteiger charge is 2.23. The first kappa shape index (κ1) is 17.1. The molecule has 0 N–H and O–H groups in total. The smallest absolute Gasteiger partial charge is 0.379 e. The van der Waals surface area contributed by atoms with E-state index in [0.29, 0.717) is 0 Å². The molecule has 0 aromatic rings. The van der Waals surface area contributed by atoms with Crippen LogP contribution < -0.4 is 0 Å². The first-order valence-electron chi connectivity index (χ1n) is 5.88. The van der Waals surface area contributed by atoms with Crippen molar-refractivity contribution in [2.45, 2.75) is 13.8 Å². The standard InChI is InChI=1S/C12H21NO6/c1-6-17-9(14)8-19-10(12(15)18-7-2)11(16-5)13(3)4/h6-8H2,1-5H3. The maximum absolute atomic E-state index is 11.8. The number of hydrogen-bond acceptors (Lipinski definition) is 7. The Kier molecular flexibility index (Phi) is 8.15. The van der Waals surface area contributed by atoms with Crippen LogP contribution >= 0.6 is 0 Å². The van der Waals surface area contributed by atoms with E-state index in [1.54, 1.807) is 27.9 Å². The van der Waals surface area contributed by atoms with Crippen LogP contribution in [-0.2, 0) is 28.5 Å². The first-order valence-corrected chi connectivity index (χ1v) is 5.88. The van der Waals surface area contributed by atoms with Gasteiger partial charge in [-0.15, -0.1) is 0 Å². The number of nitrogens with zero attached hydrogens (tertiary/aromatic N) is 1. The quantitative estimate of drug-likeness (QED) is 0.363. The summed E-state index contributed by atoms with van der Waals surface area (Å²) in [7, 11) is 4.74. The van der Waals surface area contributed by atoms with E-state index in [1.165, 1.54) is 12.0 Å². The summed E-state index contributed by atoms with van der Waals surface area (Å²) >= 11 is 0. The molecule has 0 bridgehead atoms. The summed E-state index contributed by atoms with van der Waals surface area (Å²) in [5.74, 6) is -1.26. The minimum atomic E-state index is -0.697. The van der Waals surface area contributed by atoms with Gasteiger partial charge in [0.15, 0.2) is 6.61 Å². The predicted molar refractivity (Wildman–Crippen MR) is 66.9 cm³/mol. The summed E-state index contributed by atoms with van der Waals surface area (Å²) in [6.07, 6.45) is 0. The van der Waals surface area contributed by atoms with Crippen molar-refractivity contribution in [3.8, 4) is 0 Å². The fourth-order valence-electron chi connectivity index (χ4n) is 1.22. The van der Waals surface area contributed by atoms with Crippen molar-refractivity contribution in [1.29, 1.82) is 0 Å². The van der Waals surface area contributed by atoms with E-state index in [9.17, 15) is 9.59 Å². The van der Waals surface area contributed by atoms with Crippen LogP contribution in [0.25, 0.3) is 0 Å². The predicted octanol–water partition coefficient (Wildman–Crippen LogP) is 0.506. The second-order valence-electron chi connectivity index (χ2n) is 3.55. The fourth-order valence-corrected chi connectivity index (χ4v) is 1.22. The van der Waals surface area contributed by atoms with Crippen molar-refractivity contribution in [3.63, 3.8) is 0 Å². The highest BCUT2D eigenvalue weighted by molar-refractivity contribution is 5.87. The zero-order valence-electron chi connectivity index (χ0n) is 12.0. The average Bonchev–Trinajstić information content (AvgIpc) is 2.34. The van der Waals surface area contributed by atoms with Gasteiger partial charge in [0.25, 0.3) is 5.76 Å². The van der Waals surface area contributed by atoms with Gasteiger partial charge in [0.1, 0.15) is 0 Å². The van der Waals surface area contributed by atoms with Gasteiger partial charge in [-0.3, -0.25) is 0 Å². The van der Waals surface area contributed by atoms with Gasteiger partial charge in [-0.2, -0.15) is 0 Å². The molecule has 0 spiro atoms. The van der Waals surface area contributed by atoms with Crippen LogP contribution in [-0.4, -0.2) is 57.9 Å². The van der Waals surface area contributed by atoms with Crippen LogP contribution in [0.5, 0.6) is 0 Å². The average molecular weight is 275 g/mol. The van der Waals surface area contributed by atoms with Gasteiger partial charge in [0, 0.05) is 14.1 Å². The molecule has 110 valence electrons. The lowest BCUT2D eigenvalue weighted by molar-refractivity contribution is -0.150. The van der Waals surface area contributed by atoms with Gasteiger partial charge in [0.2, 0.25) is 5.88 Å². The lowest BCUT2D eigenvalue weighted by Gasteiger charge is -2.19. The van der Waals surface area contributed by atoms with Crippen molar-refractivity contribution in [1.82, 2.24) is 4.90 Å². The minimum absolute atomic E-state index is 0.164. The molecule has 7 nitrogen and oxygen atoms in total. The molecule has 0 unspecified atom stereocenters. The number of methoxy groups -OCH3 is 1. The number of rotatable bonds is 8. The van der Waals surface area contributed by atoms with Crippen LogP contribution in [0.2, 0.25) is 0 Å². The van der Waals surface area contributed by atoms with Crippen molar-refractivity contribution < 1.29 is 28.5 Å². The Morgan fingerprint density at radius 3 is 2.00 bits per heavy atom. The van der Waals surface area contributed by atoms with Gasteiger partial charge in [0.05, 0.1) is 20.3 Å². The molecule has 0 aromatic carbocycles. The van der Waals surface area contributed by atoms with E-state index < -0.39 is 11.9 Å². The van der Waals surface area contributed by atoms with E-state index in [-0.39, 0.29) is 31.5 Å². The van der Waals surface area contributed by atoms with Crippen molar-refractivity contribution in [3.05, 3.63) is 11.6 Å². The van der Waals surface area contributed by atoms with E-state index >= 15 is 0 Å². The third-order valence-corrected chi connectivity index (χ3v) is 1.89. The largest absolute Gasteiger partial charge is 0.480 e. The van der Waals surface area contributed by atoms with Crippen LogP contribution in [0.4, 0.5) is 0 Å². The highest BCUT2D eigenvalue weighted by atomic mass is 16.6. The number of carbonyl (C=O) groups excluding carboxylic acids is 2. The molecule has 0 fully saturated rings. The summed E-state index contributed by atoms with van der Waals surface area (Å²) in [6, 6.07) is 0. The Morgan fingerprint density at radius 1 is 1.00 bits per heavy atom. The molecule has 19 heavy (non-hydrogen) atoms. The Balaban J connectivity index is 4.96. The molecule has 0 saturated carbocycles. The van der Waals surface area contributed by atoms with E-state index in [4.69, 9.17) is 18.9 Å². The van der Waals surface area contributed by atoms with Crippen LogP contribution in [0.3, 0.4) is 0 Å². The summed E-state index contributed by atoms with van der Waals surface area (Å²) in [6.45, 7) is 3.40. The number of carbonyl (C=O) groups is 2. The van der Waals surface area contributed by atoms with Crippen LogP contribution in [0.1, 0.15) is 13.8 Å². The van der Waals surface area contributed by atoms with E-state index in [2.05, 4.69) is 0 Å². The molecule has 0 aliphatic carbocycles.